The minimum absolute atomic E-state index is 0.161. The summed E-state index contributed by atoms with van der Waals surface area (Å²) >= 11 is 0. The standard InChI is InChI=1S/C21H25FN4O/c22-18-8-2-1-7-17(18)21-20(23-9-10-24-21)16-6-5-11-25(14-16)15-19(27)26-12-3-4-13-26/h1-2,7-10,16H,3-6,11-15H2. The minimum atomic E-state index is -0.281. The highest BCUT2D eigenvalue weighted by molar-refractivity contribution is 5.78. The molecule has 1 unspecified atom stereocenters. The summed E-state index contributed by atoms with van der Waals surface area (Å²) in [5.41, 5.74) is 1.94. The van der Waals surface area contributed by atoms with Crippen LogP contribution in [-0.4, -0.2) is 58.4 Å². The molecule has 0 spiro atoms. The molecule has 0 aliphatic carbocycles. The van der Waals surface area contributed by atoms with Crippen molar-refractivity contribution in [1.29, 1.82) is 0 Å². The van der Waals surface area contributed by atoms with Gasteiger partial charge in [-0.1, -0.05) is 12.1 Å². The molecule has 0 radical (unpaired) electrons. The fourth-order valence-corrected chi connectivity index (χ4v) is 4.19. The number of aromatic nitrogens is 2. The van der Waals surface area contributed by atoms with Crippen LogP contribution in [0.3, 0.4) is 0 Å². The molecule has 2 aliphatic rings. The van der Waals surface area contributed by atoms with E-state index in [0.717, 1.165) is 57.6 Å². The molecule has 3 heterocycles. The summed E-state index contributed by atoms with van der Waals surface area (Å²) in [6.45, 7) is 3.92. The Morgan fingerprint density at radius 1 is 1.07 bits per heavy atom. The summed E-state index contributed by atoms with van der Waals surface area (Å²) in [7, 11) is 0. The first-order chi connectivity index (χ1) is 13.2. The van der Waals surface area contributed by atoms with Crippen molar-refractivity contribution >= 4 is 5.91 Å². The smallest absolute Gasteiger partial charge is 0.236 e. The first-order valence-corrected chi connectivity index (χ1v) is 9.78. The highest BCUT2D eigenvalue weighted by Gasteiger charge is 2.28. The number of nitrogens with zero attached hydrogens (tertiary/aromatic N) is 4. The molecule has 0 bridgehead atoms. The highest BCUT2D eigenvalue weighted by atomic mass is 19.1. The molecular formula is C21H25FN4O. The van der Waals surface area contributed by atoms with Gasteiger partial charge in [-0.2, -0.15) is 0 Å². The number of amides is 1. The lowest BCUT2D eigenvalue weighted by Gasteiger charge is -2.33. The van der Waals surface area contributed by atoms with E-state index in [1.807, 2.05) is 11.0 Å². The van der Waals surface area contributed by atoms with Crippen molar-refractivity contribution in [2.75, 3.05) is 32.7 Å². The molecule has 2 aliphatic heterocycles. The van der Waals surface area contributed by atoms with Crippen LogP contribution in [0.4, 0.5) is 4.39 Å². The van der Waals surface area contributed by atoms with E-state index in [1.165, 1.54) is 6.07 Å². The van der Waals surface area contributed by atoms with Crippen molar-refractivity contribution in [3.8, 4) is 11.3 Å². The number of likely N-dealkylation sites (tertiary alicyclic amines) is 2. The number of rotatable bonds is 4. The van der Waals surface area contributed by atoms with Crippen LogP contribution >= 0.6 is 0 Å². The third-order valence-corrected chi connectivity index (χ3v) is 5.57. The number of hydrogen-bond acceptors (Lipinski definition) is 4. The Morgan fingerprint density at radius 3 is 2.67 bits per heavy atom. The molecule has 4 rings (SSSR count). The van der Waals surface area contributed by atoms with Crippen molar-refractivity contribution in [3.05, 3.63) is 48.2 Å². The fourth-order valence-electron chi connectivity index (χ4n) is 4.19. The second kappa shape index (κ2) is 8.13. The summed E-state index contributed by atoms with van der Waals surface area (Å²) in [6, 6.07) is 6.70. The summed E-state index contributed by atoms with van der Waals surface area (Å²) in [5.74, 6) is 0.103. The van der Waals surface area contributed by atoms with Crippen molar-refractivity contribution in [1.82, 2.24) is 19.8 Å². The molecule has 1 aromatic heterocycles. The number of piperidine rings is 1. The van der Waals surface area contributed by atoms with Gasteiger partial charge in [0.15, 0.2) is 0 Å². The van der Waals surface area contributed by atoms with Crippen LogP contribution in [-0.2, 0) is 4.79 Å². The van der Waals surface area contributed by atoms with Crippen LogP contribution in [0.25, 0.3) is 11.3 Å². The Bertz CT molecular complexity index is 806. The van der Waals surface area contributed by atoms with Gasteiger partial charge in [0.25, 0.3) is 0 Å². The SMILES string of the molecule is O=C(CN1CCCC(c2nccnc2-c2ccccc2F)C1)N1CCCC1. The lowest BCUT2D eigenvalue weighted by atomic mass is 9.91. The zero-order chi connectivity index (χ0) is 18.6. The summed E-state index contributed by atoms with van der Waals surface area (Å²) in [4.78, 5) is 25.7. The van der Waals surface area contributed by atoms with Crippen LogP contribution in [0.5, 0.6) is 0 Å². The first kappa shape index (κ1) is 18.0. The molecule has 5 nitrogen and oxygen atoms in total. The van der Waals surface area contributed by atoms with Gasteiger partial charge in [0.1, 0.15) is 5.82 Å². The van der Waals surface area contributed by atoms with Gasteiger partial charge in [-0.05, 0) is 44.4 Å². The van der Waals surface area contributed by atoms with Gasteiger partial charge < -0.3 is 4.90 Å². The fraction of sp³-hybridized carbons (Fsp3) is 0.476. The molecular weight excluding hydrogens is 343 g/mol. The molecule has 1 aromatic carbocycles. The lowest BCUT2D eigenvalue weighted by Crippen LogP contribution is -2.43. The maximum Gasteiger partial charge on any atom is 0.236 e. The average Bonchev–Trinajstić information content (AvgIpc) is 3.24. The van der Waals surface area contributed by atoms with Gasteiger partial charge in [-0.15, -0.1) is 0 Å². The molecule has 2 saturated heterocycles. The third-order valence-electron chi connectivity index (χ3n) is 5.57. The summed E-state index contributed by atoms with van der Waals surface area (Å²) < 4.78 is 14.3. The highest BCUT2D eigenvalue weighted by Crippen LogP contribution is 2.32. The van der Waals surface area contributed by atoms with E-state index in [2.05, 4.69) is 14.9 Å². The quantitative estimate of drug-likeness (QED) is 0.832. The number of benzene rings is 1. The van der Waals surface area contributed by atoms with E-state index in [-0.39, 0.29) is 17.6 Å². The topological polar surface area (TPSA) is 49.3 Å². The minimum Gasteiger partial charge on any atom is -0.342 e. The second-order valence-corrected chi connectivity index (χ2v) is 7.43. The average molecular weight is 368 g/mol. The van der Waals surface area contributed by atoms with Crippen molar-refractivity contribution < 1.29 is 9.18 Å². The van der Waals surface area contributed by atoms with Crippen LogP contribution in [0.2, 0.25) is 0 Å². The largest absolute Gasteiger partial charge is 0.342 e. The normalized spacial score (nSPS) is 20.8. The van der Waals surface area contributed by atoms with Crippen molar-refractivity contribution in [2.24, 2.45) is 0 Å². The molecule has 1 atom stereocenters. The Labute approximate surface area is 159 Å². The number of hydrogen-bond donors (Lipinski definition) is 0. The van der Waals surface area contributed by atoms with E-state index in [9.17, 15) is 9.18 Å². The van der Waals surface area contributed by atoms with Gasteiger partial charge >= 0.3 is 0 Å². The maximum atomic E-state index is 14.3. The van der Waals surface area contributed by atoms with Gasteiger partial charge in [0.2, 0.25) is 5.91 Å². The maximum absolute atomic E-state index is 14.3. The van der Waals surface area contributed by atoms with E-state index in [0.29, 0.717) is 17.8 Å². The van der Waals surface area contributed by atoms with Crippen LogP contribution in [0.15, 0.2) is 36.7 Å². The summed E-state index contributed by atoms with van der Waals surface area (Å²) in [6.07, 6.45) is 7.50. The molecule has 0 N–H and O–H groups in total. The van der Waals surface area contributed by atoms with E-state index >= 15 is 0 Å². The van der Waals surface area contributed by atoms with Crippen molar-refractivity contribution in [2.45, 2.75) is 31.6 Å². The Hall–Kier alpha value is -2.34. The second-order valence-electron chi connectivity index (χ2n) is 7.43. The first-order valence-electron chi connectivity index (χ1n) is 9.78. The van der Waals surface area contributed by atoms with Gasteiger partial charge in [-0.3, -0.25) is 19.7 Å². The van der Waals surface area contributed by atoms with Gasteiger partial charge in [0.05, 0.1) is 17.9 Å². The Balaban J connectivity index is 1.52. The lowest BCUT2D eigenvalue weighted by molar-refractivity contribution is -0.131. The third kappa shape index (κ3) is 4.00. The number of halogens is 1. The van der Waals surface area contributed by atoms with Crippen LogP contribution < -0.4 is 0 Å². The molecule has 1 amide bonds. The zero-order valence-corrected chi connectivity index (χ0v) is 15.5. The van der Waals surface area contributed by atoms with Gasteiger partial charge in [-0.25, -0.2) is 4.39 Å². The molecule has 0 saturated carbocycles. The predicted molar refractivity (Wildman–Crippen MR) is 102 cm³/mol. The number of carbonyl (C=O) groups excluding carboxylic acids is 1. The molecule has 6 heteroatoms. The Kier molecular flexibility index (Phi) is 5.43. The van der Waals surface area contributed by atoms with Crippen LogP contribution in [0, 0.1) is 5.82 Å². The van der Waals surface area contributed by atoms with Gasteiger partial charge in [0, 0.05) is 43.5 Å². The van der Waals surface area contributed by atoms with E-state index in [1.54, 1.807) is 24.5 Å². The van der Waals surface area contributed by atoms with Crippen LogP contribution in [0.1, 0.15) is 37.3 Å². The van der Waals surface area contributed by atoms with Crippen molar-refractivity contribution in [3.63, 3.8) is 0 Å². The monoisotopic (exact) mass is 368 g/mol. The van der Waals surface area contributed by atoms with E-state index < -0.39 is 0 Å². The summed E-state index contributed by atoms with van der Waals surface area (Å²) in [5, 5.41) is 0. The molecule has 27 heavy (non-hydrogen) atoms. The molecule has 142 valence electrons. The Morgan fingerprint density at radius 2 is 1.85 bits per heavy atom. The zero-order valence-electron chi connectivity index (χ0n) is 15.5. The molecule has 2 fully saturated rings. The number of carbonyl (C=O) groups is 1. The van der Waals surface area contributed by atoms with E-state index in [4.69, 9.17) is 0 Å². The predicted octanol–water partition coefficient (Wildman–Crippen LogP) is 3.08. The molecule has 2 aromatic rings.